The molecule has 0 saturated heterocycles. The minimum Gasteiger partial charge on any atom is -0.508 e. The fourth-order valence-electron chi connectivity index (χ4n) is 4.16. The highest BCUT2D eigenvalue weighted by atomic mass is 16.5. The van der Waals surface area contributed by atoms with Crippen LogP contribution < -0.4 is 19.7 Å². The van der Waals surface area contributed by atoms with Gasteiger partial charge in [0.15, 0.2) is 11.5 Å². The standard InChI is InChI=1S/C25H23N3O5/c1-30-18-8-5-15(12-21(18)31-2)9-10-28-14-27-25-23(24(28)26)22(19-4-3-11-32-19)17-7-6-16(29)13-20(17)33-25/h3-8,11-14,22,26,29H,9-10H2,1-2H3. The maximum absolute atomic E-state index is 9.92. The van der Waals surface area contributed by atoms with Crippen molar-refractivity contribution in [2.75, 3.05) is 14.2 Å². The fourth-order valence-corrected chi connectivity index (χ4v) is 4.16. The summed E-state index contributed by atoms with van der Waals surface area (Å²) < 4.78 is 24.2. The molecule has 0 saturated carbocycles. The maximum Gasteiger partial charge on any atom is 0.228 e. The van der Waals surface area contributed by atoms with Gasteiger partial charge in [0.25, 0.3) is 0 Å². The molecule has 0 spiro atoms. The average molecular weight is 445 g/mol. The molecule has 1 aliphatic rings. The number of benzene rings is 2. The van der Waals surface area contributed by atoms with E-state index in [-0.39, 0.29) is 11.7 Å². The molecule has 2 N–H and O–H groups in total. The smallest absolute Gasteiger partial charge is 0.228 e. The van der Waals surface area contributed by atoms with Crippen LogP contribution in [0.4, 0.5) is 0 Å². The highest BCUT2D eigenvalue weighted by Gasteiger charge is 2.33. The lowest BCUT2D eigenvalue weighted by Gasteiger charge is -2.27. The highest BCUT2D eigenvalue weighted by Crippen LogP contribution is 2.46. The van der Waals surface area contributed by atoms with Gasteiger partial charge in [-0.2, -0.15) is 0 Å². The monoisotopic (exact) mass is 445 g/mol. The first-order valence-corrected chi connectivity index (χ1v) is 10.5. The Balaban J connectivity index is 1.51. The number of furan rings is 1. The van der Waals surface area contributed by atoms with Crippen molar-refractivity contribution in [3.63, 3.8) is 0 Å². The van der Waals surface area contributed by atoms with Crippen LogP contribution in [0.25, 0.3) is 0 Å². The van der Waals surface area contributed by atoms with Crippen molar-refractivity contribution in [3.8, 4) is 28.9 Å². The number of rotatable bonds is 6. The van der Waals surface area contributed by atoms with Crippen molar-refractivity contribution in [1.29, 1.82) is 5.41 Å². The molecule has 0 bridgehead atoms. The molecule has 5 rings (SSSR count). The molecule has 4 aromatic rings. The quantitative estimate of drug-likeness (QED) is 0.406. The van der Waals surface area contributed by atoms with Crippen molar-refractivity contribution < 1.29 is 23.7 Å². The summed E-state index contributed by atoms with van der Waals surface area (Å²) in [5, 5.41) is 18.9. The summed E-state index contributed by atoms with van der Waals surface area (Å²) in [5.41, 5.74) is 2.78. The molecule has 1 unspecified atom stereocenters. The summed E-state index contributed by atoms with van der Waals surface area (Å²) in [6.07, 6.45) is 3.89. The van der Waals surface area contributed by atoms with E-state index in [1.165, 1.54) is 0 Å². The van der Waals surface area contributed by atoms with E-state index in [4.69, 9.17) is 24.0 Å². The molecule has 2 aromatic heterocycles. The topological polar surface area (TPSA) is 103 Å². The first kappa shape index (κ1) is 20.7. The van der Waals surface area contributed by atoms with Crippen LogP contribution in [-0.2, 0) is 13.0 Å². The third-order valence-electron chi connectivity index (χ3n) is 5.81. The van der Waals surface area contributed by atoms with Gasteiger partial charge < -0.3 is 28.3 Å². The number of nitrogens with one attached hydrogen (secondary N) is 1. The molecule has 8 nitrogen and oxygen atoms in total. The van der Waals surface area contributed by atoms with Gasteiger partial charge in [-0.05, 0) is 42.3 Å². The molecule has 0 aliphatic carbocycles. The summed E-state index contributed by atoms with van der Waals surface area (Å²) in [6, 6.07) is 14.4. The molecule has 33 heavy (non-hydrogen) atoms. The highest BCUT2D eigenvalue weighted by molar-refractivity contribution is 5.55. The van der Waals surface area contributed by atoms with Crippen molar-refractivity contribution in [1.82, 2.24) is 9.55 Å². The van der Waals surface area contributed by atoms with Crippen molar-refractivity contribution >= 4 is 0 Å². The number of aryl methyl sites for hydroxylation is 2. The van der Waals surface area contributed by atoms with Crippen LogP contribution in [0.3, 0.4) is 0 Å². The van der Waals surface area contributed by atoms with E-state index < -0.39 is 0 Å². The molecular formula is C25H23N3O5. The van der Waals surface area contributed by atoms with Gasteiger partial charge in [-0.1, -0.05) is 12.1 Å². The third-order valence-corrected chi connectivity index (χ3v) is 5.81. The number of ether oxygens (including phenoxy) is 3. The van der Waals surface area contributed by atoms with Gasteiger partial charge in [0.05, 0.1) is 32.0 Å². The zero-order valence-electron chi connectivity index (χ0n) is 18.2. The van der Waals surface area contributed by atoms with Gasteiger partial charge >= 0.3 is 0 Å². The van der Waals surface area contributed by atoms with E-state index in [2.05, 4.69) is 4.98 Å². The minimum absolute atomic E-state index is 0.0995. The van der Waals surface area contributed by atoms with Crippen molar-refractivity contribution in [2.24, 2.45) is 0 Å². The van der Waals surface area contributed by atoms with E-state index in [9.17, 15) is 5.11 Å². The van der Waals surface area contributed by atoms with Crippen molar-refractivity contribution in [3.05, 3.63) is 89.1 Å². The first-order chi connectivity index (χ1) is 16.1. The zero-order chi connectivity index (χ0) is 22.9. The van der Waals surface area contributed by atoms with E-state index in [0.29, 0.717) is 52.9 Å². The number of nitrogens with zero attached hydrogens (tertiary/aromatic N) is 2. The van der Waals surface area contributed by atoms with Gasteiger partial charge in [0.1, 0.15) is 29.1 Å². The molecule has 0 amide bonds. The van der Waals surface area contributed by atoms with Crippen LogP contribution in [-0.4, -0.2) is 28.9 Å². The molecule has 3 heterocycles. The predicted octanol–water partition coefficient (Wildman–Crippen LogP) is 4.21. The van der Waals surface area contributed by atoms with Gasteiger partial charge in [-0.25, -0.2) is 4.98 Å². The van der Waals surface area contributed by atoms with Gasteiger partial charge in [0, 0.05) is 18.2 Å². The van der Waals surface area contributed by atoms with Gasteiger partial charge in [-0.3, -0.25) is 5.41 Å². The Bertz CT molecular complexity index is 1360. The molecule has 1 aliphatic heterocycles. The number of phenols is 1. The Morgan fingerprint density at radius 1 is 1.09 bits per heavy atom. The second-order valence-corrected chi connectivity index (χ2v) is 7.72. The molecular weight excluding hydrogens is 422 g/mol. The lowest BCUT2D eigenvalue weighted by atomic mass is 9.87. The molecule has 2 aromatic carbocycles. The van der Waals surface area contributed by atoms with E-state index in [1.807, 2.05) is 30.3 Å². The minimum atomic E-state index is -0.368. The van der Waals surface area contributed by atoms with Gasteiger partial charge in [-0.15, -0.1) is 0 Å². The number of phenolic OH excluding ortho intramolecular Hbond substituents is 1. The lowest BCUT2D eigenvalue weighted by Crippen LogP contribution is -2.30. The van der Waals surface area contributed by atoms with Crippen LogP contribution in [0.15, 0.2) is 65.5 Å². The summed E-state index contributed by atoms with van der Waals surface area (Å²) in [6.45, 7) is 0.544. The first-order valence-electron chi connectivity index (χ1n) is 10.5. The van der Waals surface area contributed by atoms with Crippen molar-refractivity contribution in [2.45, 2.75) is 18.9 Å². The van der Waals surface area contributed by atoms with Gasteiger partial charge in [0.2, 0.25) is 5.88 Å². The van der Waals surface area contributed by atoms with Crippen LogP contribution in [0.5, 0.6) is 28.9 Å². The largest absolute Gasteiger partial charge is 0.508 e. The maximum atomic E-state index is 9.92. The second-order valence-electron chi connectivity index (χ2n) is 7.72. The summed E-state index contributed by atoms with van der Waals surface area (Å²) in [4.78, 5) is 4.49. The Hall–Kier alpha value is -4.20. The second kappa shape index (κ2) is 8.38. The predicted molar refractivity (Wildman–Crippen MR) is 119 cm³/mol. The number of fused-ring (bicyclic) bond motifs is 2. The molecule has 1 atom stereocenters. The third kappa shape index (κ3) is 3.69. The average Bonchev–Trinajstić information content (AvgIpc) is 3.36. The Morgan fingerprint density at radius 3 is 2.70 bits per heavy atom. The molecule has 8 heteroatoms. The Kier molecular flexibility index (Phi) is 5.26. The SMILES string of the molecule is COc1ccc(CCn2cnc3c(c2=N)C(c2ccco2)c2ccc(O)cc2O3)cc1OC. The number of methoxy groups -OCH3 is 2. The number of hydrogen-bond acceptors (Lipinski definition) is 7. The number of aromatic hydroxyl groups is 1. The van der Waals surface area contributed by atoms with Crippen LogP contribution >= 0.6 is 0 Å². The van der Waals surface area contributed by atoms with Crippen LogP contribution in [0.2, 0.25) is 0 Å². The van der Waals surface area contributed by atoms with Crippen LogP contribution in [0, 0.1) is 5.41 Å². The molecule has 168 valence electrons. The summed E-state index contributed by atoms with van der Waals surface area (Å²) >= 11 is 0. The van der Waals surface area contributed by atoms with Crippen LogP contribution in [0.1, 0.15) is 28.4 Å². The molecule has 0 fully saturated rings. The lowest BCUT2D eigenvalue weighted by molar-refractivity contribution is 0.354. The zero-order valence-corrected chi connectivity index (χ0v) is 18.2. The number of hydrogen-bond donors (Lipinski definition) is 2. The Morgan fingerprint density at radius 2 is 1.94 bits per heavy atom. The fraction of sp³-hybridized carbons (Fsp3) is 0.200. The summed E-state index contributed by atoms with van der Waals surface area (Å²) in [5.74, 6) is 2.59. The summed E-state index contributed by atoms with van der Waals surface area (Å²) in [7, 11) is 3.22. The number of aromatic nitrogens is 2. The van der Waals surface area contributed by atoms with E-state index in [0.717, 1.165) is 11.1 Å². The van der Waals surface area contributed by atoms with E-state index in [1.54, 1.807) is 49.6 Å². The normalized spacial score (nSPS) is 14.2. The Labute approximate surface area is 190 Å². The van der Waals surface area contributed by atoms with E-state index >= 15 is 0 Å². The molecule has 0 radical (unpaired) electrons.